The lowest BCUT2D eigenvalue weighted by Gasteiger charge is -2.23. The topological polar surface area (TPSA) is 33.5 Å². The van der Waals surface area contributed by atoms with Crippen LogP contribution in [0.5, 0.6) is 0 Å². The van der Waals surface area contributed by atoms with E-state index in [0.717, 1.165) is 23.2 Å². The molecule has 3 heteroatoms. The summed E-state index contributed by atoms with van der Waals surface area (Å²) in [6.45, 7) is 6.27. The molecule has 0 saturated heterocycles. The van der Waals surface area contributed by atoms with Gasteiger partial charge < -0.3 is 9.32 Å². The number of rotatable bonds is 5. The summed E-state index contributed by atoms with van der Waals surface area (Å²) in [4.78, 5) is 13.9. The Kier molecular flexibility index (Phi) is 4.48. The second-order valence-electron chi connectivity index (χ2n) is 5.80. The number of hydrogen-bond donors (Lipinski definition) is 0. The summed E-state index contributed by atoms with van der Waals surface area (Å²) in [6.07, 6.45) is 1.52. The standard InChI is InChI=1S/C17H23NO2/c1-12(2)9-10-17(19)18(4)13(3)16-11-14-7-5-6-8-15(14)20-16/h5-8,11-13H,9-10H2,1-4H3. The first-order chi connectivity index (χ1) is 9.49. The van der Waals surface area contributed by atoms with E-state index in [4.69, 9.17) is 4.42 Å². The molecule has 3 nitrogen and oxygen atoms in total. The van der Waals surface area contributed by atoms with Crippen LogP contribution in [-0.2, 0) is 4.79 Å². The third-order valence-electron chi connectivity index (χ3n) is 3.77. The lowest BCUT2D eigenvalue weighted by molar-refractivity contribution is -0.132. The number of para-hydroxylation sites is 1. The van der Waals surface area contributed by atoms with E-state index in [1.807, 2.05) is 44.3 Å². The Morgan fingerprint density at radius 2 is 1.95 bits per heavy atom. The van der Waals surface area contributed by atoms with E-state index < -0.39 is 0 Å². The van der Waals surface area contributed by atoms with Crippen LogP contribution < -0.4 is 0 Å². The molecule has 0 radical (unpaired) electrons. The third kappa shape index (κ3) is 3.21. The molecular formula is C17H23NO2. The smallest absolute Gasteiger partial charge is 0.222 e. The molecule has 0 aliphatic rings. The number of benzene rings is 1. The molecule has 0 bridgehead atoms. The number of carbonyl (C=O) groups excluding carboxylic acids is 1. The van der Waals surface area contributed by atoms with Crippen LogP contribution in [0.4, 0.5) is 0 Å². The normalized spacial score (nSPS) is 12.8. The van der Waals surface area contributed by atoms with Gasteiger partial charge in [0.25, 0.3) is 0 Å². The Bertz CT molecular complexity index is 552. The summed E-state index contributed by atoms with van der Waals surface area (Å²) in [5, 5.41) is 1.08. The van der Waals surface area contributed by atoms with Crippen molar-refractivity contribution in [3.05, 3.63) is 36.1 Å². The fraction of sp³-hybridized carbons (Fsp3) is 0.471. The maximum absolute atomic E-state index is 12.2. The highest BCUT2D eigenvalue weighted by Gasteiger charge is 2.20. The van der Waals surface area contributed by atoms with Gasteiger partial charge in [-0.1, -0.05) is 32.0 Å². The largest absolute Gasteiger partial charge is 0.459 e. The minimum atomic E-state index is -0.0398. The van der Waals surface area contributed by atoms with Crippen molar-refractivity contribution in [2.24, 2.45) is 5.92 Å². The molecule has 1 aromatic heterocycles. The summed E-state index contributed by atoms with van der Waals surface area (Å²) < 4.78 is 5.83. The average Bonchev–Trinajstić information content (AvgIpc) is 2.86. The van der Waals surface area contributed by atoms with Crippen molar-refractivity contribution in [3.63, 3.8) is 0 Å². The van der Waals surface area contributed by atoms with E-state index in [2.05, 4.69) is 13.8 Å². The van der Waals surface area contributed by atoms with Gasteiger partial charge in [0.05, 0.1) is 6.04 Å². The minimum absolute atomic E-state index is 0.0398. The average molecular weight is 273 g/mol. The lowest BCUT2D eigenvalue weighted by atomic mass is 10.1. The van der Waals surface area contributed by atoms with E-state index >= 15 is 0 Å². The molecule has 0 aliphatic heterocycles. The quantitative estimate of drug-likeness (QED) is 0.809. The first-order valence-corrected chi connectivity index (χ1v) is 7.23. The van der Waals surface area contributed by atoms with Crippen molar-refractivity contribution in [3.8, 4) is 0 Å². The summed E-state index contributed by atoms with van der Waals surface area (Å²) in [7, 11) is 1.85. The molecular weight excluding hydrogens is 250 g/mol. The molecule has 108 valence electrons. The van der Waals surface area contributed by atoms with E-state index in [9.17, 15) is 4.79 Å². The predicted octanol–water partition coefficient (Wildman–Crippen LogP) is 4.39. The van der Waals surface area contributed by atoms with E-state index in [0.29, 0.717) is 12.3 Å². The summed E-state index contributed by atoms with van der Waals surface area (Å²) >= 11 is 0. The number of amides is 1. The number of hydrogen-bond acceptors (Lipinski definition) is 2. The number of furan rings is 1. The first-order valence-electron chi connectivity index (χ1n) is 7.23. The van der Waals surface area contributed by atoms with E-state index in [1.54, 1.807) is 4.90 Å². The van der Waals surface area contributed by atoms with Crippen LogP contribution in [0.15, 0.2) is 34.7 Å². The van der Waals surface area contributed by atoms with Crippen molar-refractivity contribution in [1.82, 2.24) is 4.90 Å². The molecule has 1 atom stereocenters. The molecule has 2 rings (SSSR count). The molecule has 1 unspecified atom stereocenters. The van der Waals surface area contributed by atoms with Crippen LogP contribution in [0.1, 0.15) is 45.4 Å². The maximum Gasteiger partial charge on any atom is 0.222 e. The van der Waals surface area contributed by atoms with Crippen LogP contribution in [0.25, 0.3) is 11.0 Å². The Labute approximate surface area is 120 Å². The predicted molar refractivity (Wildman–Crippen MR) is 81.5 cm³/mol. The van der Waals surface area contributed by atoms with Gasteiger partial charge in [-0.3, -0.25) is 4.79 Å². The third-order valence-corrected chi connectivity index (χ3v) is 3.77. The van der Waals surface area contributed by atoms with Crippen molar-refractivity contribution in [2.75, 3.05) is 7.05 Å². The molecule has 1 amide bonds. The van der Waals surface area contributed by atoms with Gasteiger partial charge in [0.2, 0.25) is 5.91 Å². The molecule has 0 N–H and O–H groups in total. The van der Waals surface area contributed by atoms with Crippen molar-refractivity contribution >= 4 is 16.9 Å². The summed E-state index contributed by atoms with van der Waals surface area (Å²) in [5.74, 6) is 1.56. The highest BCUT2D eigenvalue weighted by molar-refractivity contribution is 5.79. The zero-order valence-electron chi connectivity index (χ0n) is 12.7. The Balaban J connectivity index is 2.09. The molecule has 0 spiro atoms. The lowest BCUT2D eigenvalue weighted by Crippen LogP contribution is -2.29. The van der Waals surface area contributed by atoms with Gasteiger partial charge in [-0.25, -0.2) is 0 Å². The second-order valence-corrected chi connectivity index (χ2v) is 5.80. The SMILES string of the molecule is CC(C)CCC(=O)N(C)C(C)c1cc2ccccc2o1. The van der Waals surface area contributed by atoms with Gasteiger partial charge >= 0.3 is 0 Å². The van der Waals surface area contributed by atoms with Crippen LogP contribution in [0.3, 0.4) is 0 Å². The first kappa shape index (κ1) is 14.6. The van der Waals surface area contributed by atoms with Gasteiger partial charge in [0.1, 0.15) is 11.3 Å². The molecule has 20 heavy (non-hydrogen) atoms. The van der Waals surface area contributed by atoms with Crippen molar-refractivity contribution < 1.29 is 9.21 Å². The summed E-state index contributed by atoms with van der Waals surface area (Å²) in [6, 6.07) is 9.90. The molecule has 1 heterocycles. The Morgan fingerprint density at radius 1 is 1.25 bits per heavy atom. The molecule has 2 aromatic rings. The van der Waals surface area contributed by atoms with Crippen LogP contribution in [0, 0.1) is 5.92 Å². The van der Waals surface area contributed by atoms with Crippen LogP contribution >= 0.6 is 0 Å². The Hall–Kier alpha value is -1.77. The van der Waals surface area contributed by atoms with E-state index in [-0.39, 0.29) is 11.9 Å². The molecule has 0 saturated carbocycles. The maximum atomic E-state index is 12.2. The molecule has 0 aliphatic carbocycles. The van der Waals surface area contributed by atoms with Crippen LogP contribution in [-0.4, -0.2) is 17.9 Å². The van der Waals surface area contributed by atoms with Crippen LogP contribution in [0.2, 0.25) is 0 Å². The summed E-state index contributed by atoms with van der Waals surface area (Å²) in [5.41, 5.74) is 0.873. The van der Waals surface area contributed by atoms with Gasteiger partial charge in [-0.05, 0) is 31.4 Å². The monoisotopic (exact) mass is 273 g/mol. The molecule has 1 aromatic carbocycles. The highest BCUT2D eigenvalue weighted by Crippen LogP contribution is 2.27. The van der Waals surface area contributed by atoms with Crippen molar-refractivity contribution in [1.29, 1.82) is 0 Å². The minimum Gasteiger partial charge on any atom is -0.459 e. The molecule has 0 fully saturated rings. The highest BCUT2D eigenvalue weighted by atomic mass is 16.3. The van der Waals surface area contributed by atoms with Gasteiger partial charge in [0.15, 0.2) is 0 Å². The zero-order valence-corrected chi connectivity index (χ0v) is 12.7. The van der Waals surface area contributed by atoms with Crippen molar-refractivity contribution in [2.45, 2.75) is 39.7 Å². The number of carbonyl (C=O) groups is 1. The van der Waals surface area contributed by atoms with E-state index in [1.165, 1.54) is 0 Å². The number of nitrogens with zero attached hydrogens (tertiary/aromatic N) is 1. The van der Waals surface area contributed by atoms with Gasteiger partial charge in [0, 0.05) is 18.9 Å². The fourth-order valence-electron chi connectivity index (χ4n) is 2.20. The van der Waals surface area contributed by atoms with Gasteiger partial charge in [-0.2, -0.15) is 0 Å². The zero-order chi connectivity index (χ0) is 14.7. The second kappa shape index (κ2) is 6.12. The number of fused-ring (bicyclic) bond motifs is 1. The Morgan fingerprint density at radius 3 is 2.60 bits per heavy atom. The van der Waals surface area contributed by atoms with Gasteiger partial charge in [-0.15, -0.1) is 0 Å². The fourth-order valence-corrected chi connectivity index (χ4v) is 2.20.